The summed E-state index contributed by atoms with van der Waals surface area (Å²) in [7, 11) is 1.33. The van der Waals surface area contributed by atoms with E-state index in [1.54, 1.807) is 18.2 Å². The van der Waals surface area contributed by atoms with Crippen molar-refractivity contribution >= 4 is 28.5 Å². The van der Waals surface area contributed by atoms with Gasteiger partial charge < -0.3 is 4.74 Å². The molecule has 0 atom stereocenters. The Bertz CT molecular complexity index is 528. The monoisotopic (exact) mass is 222 g/mol. The minimum absolute atomic E-state index is 0.372. The fourth-order valence-corrected chi connectivity index (χ4v) is 1.47. The van der Waals surface area contributed by atoms with E-state index in [1.165, 1.54) is 13.4 Å². The maximum absolute atomic E-state index is 11.2. The van der Waals surface area contributed by atoms with E-state index in [4.69, 9.17) is 11.6 Å². The highest BCUT2D eigenvalue weighted by molar-refractivity contribution is 6.34. The Morgan fingerprint density at radius 1 is 1.40 bits per heavy atom. The van der Waals surface area contributed by atoms with Gasteiger partial charge in [-0.05, 0) is 18.2 Å². The third-order valence-corrected chi connectivity index (χ3v) is 2.31. The molecule has 5 heteroatoms. The number of carbonyl (C=O) groups is 1. The van der Waals surface area contributed by atoms with E-state index in [1.807, 2.05) is 0 Å². The minimum atomic E-state index is -0.397. The Hall–Kier alpha value is -1.68. The lowest BCUT2D eigenvalue weighted by atomic mass is 10.1. The molecule has 0 unspecified atom stereocenters. The van der Waals surface area contributed by atoms with E-state index in [-0.39, 0.29) is 0 Å². The second-order valence-electron chi connectivity index (χ2n) is 2.89. The molecule has 0 bridgehead atoms. The molecule has 0 radical (unpaired) electrons. The van der Waals surface area contributed by atoms with E-state index >= 15 is 0 Å². The molecule has 0 spiro atoms. The lowest BCUT2D eigenvalue weighted by Gasteiger charge is -2.01. The molecule has 0 aliphatic carbocycles. The summed E-state index contributed by atoms with van der Waals surface area (Å²) in [6, 6.07) is 4.95. The molecule has 15 heavy (non-hydrogen) atoms. The van der Waals surface area contributed by atoms with Gasteiger partial charge in [-0.25, -0.2) is 14.8 Å². The molecular formula is C10H7ClN2O2. The van der Waals surface area contributed by atoms with Crippen molar-refractivity contribution in [2.24, 2.45) is 0 Å². The lowest BCUT2D eigenvalue weighted by molar-refractivity contribution is 0.0601. The number of fused-ring (bicyclic) bond motifs is 1. The van der Waals surface area contributed by atoms with Gasteiger partial charge in [-0.15, -0.1) is 0 Å². The van der Waals surface area contributed by atoms with Gasteiger partial charge in [0.05, 0.1) is 18.2 Å². The summed E-state index contributed by atoms with van der Waals surface area (Å²) in [5.41, 5.74) is 1.07. The highest BCUT2D eigenvalue weighted by atomic mass is 35.5. The maximum atomic E-state index is 11.2. The first-order valence-corrected chi connectivity index (χ1v) is 4.59. The summed E-state index contributed by atoms with van der Waals surface area (Å²) in [5, 5.41) is 1.09. The summed E-state index contributed by atoms with van der Waals surface area (Å²) in [6.45, 7) is 0. The van der Waals surface area contributed by atoms with Crippen LogP contribution in [0.1, 0.15) is 10.4 Å². The molecule has 0 amide bonds. The molecule has 0 saturated carbocycles. The predicted molar refractivity (Wildman–Crippen MR) is 55.9 cm³/mol. The number of benzene rings is 1. The highest BCUT2D eigenvalue weighted by Crippen LogP contribution is 2.20. The summed E-state index contributed by atoms with van der Waals surface area (Å²) >= 11 is 5.86. The van der Waals surface area contributed by atoms with Crippen molar-refractivity contribution in [3.63, 3.8) is 0 Å². The second kappa shape index (κ2) is 3.82. The van der Waals surface area contributed by atoms with Gasteiger partial charge in [0.15, 0.2) is 0 Å². The molecule has 2 rings (SSSR count). The number of methoxy groups -OCH3 is 1. The smallest absolute Gasteiger partial charge is 0.337 e. The van der Waals surface area contributed by atoms with Gasteiger partial charge in [0, 0.05) is 5.39 Å². The van der Waals surface area contributed by atoms with Gasteiger partial charge in [-0.1, -0.05) is 11.6 Å². The third-order valence-electron chi connectivity index (χ3n) is 2.01. The zero-order valence-corrected chi connectivity index (χ0v) is 8.65. The van der Waals surface area contributed by atoms with E-state index in [0.717, 1.165) is 0 Å². The SMILES string of the molecule is COC(=O)c1ccc2c(Cl)ncnc2c1. The van der Waals surface area contributed by atoms with Gasteiger partial charge in [0.1, 0.15) is 11.5 Å². The van der Waals surface area contributed by atoms with Crippen molar-refractivity contribution < 1.29 is 9.53 Å². The molecule has 0 saturated heterocycles. The fourth-order valence-electron chi connectivity index (χ4n) is 1.27. The average Bonchev–Trinajstić information content (AvgIpc) is 2.28. The molecule has 1 aromatic heterocycles. The zero-order valence-electron chi connectivity index (χ0n) is 7.90. The van der Waals surface area contributed by atoms with Crippen LogP contribution in [-0.4, -0.2) is 23.0 Å². The topological polar surface area (TPSA) is 52.1 Å². The molecule has 0 fully saturated rings. The number of nitrogens with zero attached hydrogens (tertiary/aromatic N) is 2. The van der Waals surface area contributed by atoms with Gasteiger partial charge in [0.25, 0.3) is 0 Å². The van der Waals surface area contributed by atoms with Crippen LogP contribution in [-0.2, 0) is 4.74 Å². The standard InChI is InChI=1S/C10H7ClN2O2/c1-15-10(14)6-2-3-7-8(4-6)12-5-13-9(7)11/h2-5H,1H3. The molecule has 0 N–H and O–H groups in total. The molecule has 1 aromatic carbocycles. The molecule has 1 heterocycles. The van der Waals surface area contributed by atoms with Gasteiger partial charge >= 0.3 is 5.97 Å². The Balaban J connectivity index is 2.62. The molecule has 0 aliphatic heterocycles. The quantitative estimate of drug-likeness (QED) is 0.548. The van der Waals surface area contributed by atoms with Gasteiger partial charge in [-0.2, -0.15) is 0 Å². The zero-order chi connectivity index (χ0) is 10.8. The fraction of sp³-hybridized carbons (Fsp3) is 0.100. The van der Waals surface area contributed by atoms with Gasteiger partial charge in [0.2, 0.25) is 0 Å². The molecule has 76 valence electrons. The summed E-state index contributed by atoms with van der Waals surface area (Å²) in [4.78, 5) is 19.1. The van der Waals surface area contributed by atoms with Crippen molar-refractivity contribution in [1.82, 2.24) is 9.97 Å². The Morgan fingerprint density at radius 2 is 2.20 bits per heavy atom. The number of halogens is 1. The Labute approximate surface area is 90.9 Å². The van der Waals surface area contributed by atoms with Crippen LogP contribution in [0.15, 0.2) is 24.5 Å². The van der Waals surface area contributed by atoms with E-state index in [0.29, 0.717) is 21.6 Å². The first-order valence-electron chi connectivity index (χ1n) is 4.21. The van der Waals surface area contributed by atoms with Crippen LogP contribution in [0.5, 0.6) is 0 Å². The highest BCUT2D eigenvalue weighted by Gasteiger charge is 2.07. The third kappa shape index (κ3) is 1.76. The average molecular weight is 223 g/mol. The molecule has 0 aliphatic rings. The van der Waals surface area contributed by atoms with Crippen LogP contribution >= 0.6 is 11.6 Å². The van der Waals surface area contributed by atoms with Crippen molar-refractivity contribution in [1.29, 1.82) is 0 Å². The van der Waals surface area contributed by atoms with Crippen LogP contribution < -0.4 is 0 Å². The molecule has 2 aromatic rings. The lowest BCUT2D eigenvalue weighted by Crippen LogP contribution is -2.01. The van der Waals surface area contributed by atoms with E-state index in [9.17, 15) is 4.79 Å². The van der Waals surface area contributed by atoms with Crippen LogP contribution in [0.4, 0.5) is 0 Å². The largest absolute Gasteiger partial charge is 0.465 e. The van der Waals surface area contributed by atoms with Crippen LogP contribution in [0.2, 0.25) is 5.15 Å². The summed E-state index contributed by atoms with van der Waals surface area (Å²) < 4.78 is 4.60. The number of ether oxygens (including phenoxy) is 1. The predicted octanol–water partition coefficient (Wildman–Crippen LogP) is 2.07. The number of hydrogen-bond acceptors (Lipinski definition) is 4. The van der Waals surface area contributed by atoms with Crippen molar-refractivity contribution in [2.45, 2.75) is 0 Å². The first kappa shape index (κ1) is 9.86. The number of aromatic nitrogens is 2. The number of esters is 1. The molecular weight excluding hydrogens is 216 g/mol. The van der Waals surface area contributed by atoms with E-state index in [2.05, 4.69) is 14.7 Å². The van der Waals surface area contributed by atoms with Crippen molar-refractivity contribution in [3.8, 4) is 0 Å². The number of carbonyl (C=O) groups excluding carboxylic acids is 1. The molecule has 4 nitrogen and oxygen atoms in total. The Kier molecular flexibility index (Phi) is 2.51. The van der Waals surface area contributed by atoms with Crippen LogP contribution in [0.25, 0.3) is 10.9 Å². The second-order valence-corrected chi connectivity index (χ2v) is 3.25. The van der Waals surface area contributed by atoms with Crippen molar-refractivity contribution in [3.05, 3.63) is 35.2 Å². The summed E-state index contributed by atoms with van der Waals surface area (Å²) in [5.74, 6) is -0.397. The van der Waals surface area contributed by atoms with Gasteiger partial charge in [-0.3, -0.25) is 0 Å². The number of hydrogen-bond donors (Lipinski definition) is 0. The minimum Gasteiger partial charge on any atom is -0.465 e. The van der Waals surface area contributed by atoms with Crippen LogP contribution in [0, 0.1) is 0 Å². The van der Waals surface area contributed by atoms with E-state index < -0.39 is 5.97 Å². The maximum Gasteiger partial charge on any atom is 0.337 e. The van der Waals surface area contributed by atoms with Crippen LogP contribution in [0.3, 0.4) is 0 Å². The Morgan fingerprint density at radius 3 is 2.93 bits per heavy atom. The first-order chi connectivity index (χ1) is 7.22. The normalized spacial score (nSPS) is 10.3. The van der Waals surface area contributed by atoms with Crippen molar-refractivity contribution in [2.75, 3.05) is 7.11 Å². The number of rotatable bonds is 1. The summed E-state index contributed by atoms with van der Waals surface area (Å²) in [6.07, 6.45) is 1.35.